The van der Waals surface area contributed by atoms with E-state index in [1.54, 1.807) is 12.1 Å². The predicted octanol–water partition coefficient (Wildman–Crippen LogP) is 4.46. The summed E-state index contributed by atoms with van der Waals surface area (Å²) in [6.45, 7) is 5.78. The number of allylic oxidation sites excluding steroid dienone is 1. The lowest BCUT2D eigenvalue weighted by Gasteiger charge is -2.19. The number of amides is 1. The smallest absolute Gasteiger partial charge is 0.354 e. The first-order valence-corrected chi connectivity index (χ1v) is 10.7. The summed E-state index contributed by atoms with van der Waals surface area (Å²) in [4.78, 5) is 38.0. The molecule has 0 aliphatic carbocycles. The zero-order valence-electron chi connectivity index (χ0n) is 19.3. The molecular weight excluding hydrogens is 410 g/mol. The van der Waals surface area contributed by atoms with Crippen LogP contribution in [0.5, 0.6) is 5.75 Å². The fourth-order valence-electron chi connectivity index (χ4n) is 3.29. The van der Waals surface area contributed by atoms with Crippen LogP contribution < -0.4 is 10.1 Å². The van der Waals surface area contributed by atoms with Gasteiger partial charge in [0.05, 0.1) is 19.8 Å². The van der Waals surface area contributed by atoms with Gasteiger partial charge in [0.1, 0.15) is 11.4 Å². The maximum atomic E-state index is 13.1. The highest BCUT2D eigenvalue weighted by Gasteiger charge is 2.26. The van der Waals surface area contributed by atoms with E-state index >= 15 is 0 Å². The van der Waals surface area contributed by atoms with Gasteiger partial charge in [0, 0.05) is 0 Å². The largest absolute Gasteiger partial charge is 0.497 e. The molecule has 0 aliphatic rings. The van der Waals surface area contributed by atoms with Gasteiger partial charge in [-0.1, -0.05) is 51.0 Å². The Kier molecular flexibility index (Phi) is 9.25. The number of unbranched alkanes of at least 4 members (excludes halogenated alkanes) is 1. The van der Waals surface area contributed by atoms with Gasteiger partial charge >= 0.3 is 11.9 Å². The lowest BCUT2D eigenvalue weighted by atomic mass is 10.00. The van der Waals surface area contributed by atoms with Crippen molar-refractivity contribution in [3.8, 4) is 5.75 Å². The van der Waals surface area contributed by atoms with Gasteiger partial charge in [0.2, 0.25) is 0 Å². The molecule has 0 bridgehead atoms. The third-order valence-electron chi connectivity index (χ3n) is 5.04. The fourth-order valence-corrected chi connectivity index (χ4v) is 3.29. The van der Waals surface area contributed by atoms with Crippen molar-refractivity contribution < 1.29 is 28.6 Å². The normalized spacial score (nSPS) is 12.2. The highest BCUT2D eigenvalue weighted by molar-refractivity contribution is 6.07. The maximum absolute atomic E-state index is 13.1. The number of esters is 2. The summed E-state index contributed by atoms with van der Waals surface area (Å²) in [7, 11) is 2.77. The molecule has 2 aromatic rings. The lowest BCUT2D eigenvalue weighted by molar-refractivity contribution is -0.139. The van der Waals surface area contributed by atoms with Gasteiger partial charge in [-0.2, -0.15) is 0 Å². The van der Waals surface area contributed by atoms with E-state index in [0.717, 1.165) is 17.4 Å². The van der Waals surface area contributed by atoms with Crippen LogP contribution in [0.1, 0.15) is 55.5 Å². The Morgan fingerprint density at radius 2 is 1.81 bits per heavy atom. The molecule has 32 heavy (non-hydrogen) atoms. The predicted molar refractivity (Wildman–Crippen MR) is 122 cm³/mol. The van der Waals surface area contributed by atoms with Crippen LogP contribution in [0.2, 0.25) is 0 Å². The highest BCUT2D eigenvalue weighted by Crippen LogP contribution is 2.29. The summed E-state index contributed by atoms with van der Waals surface area (Å²) in [5, 5.41) is 4.14. The number of methoxy groups -OCH3 is 2. The molecule has 7 heteroatoms. The Hall–Kier alpha value is -3.35. The van der Waals surface area contributed by atoms with Gasteiger partial charge < -0.3 is 19.5 Å². The molecule has 7 nitrogen and oxygen atoms in total. The zero-order chi connectivity index (χ0) is 23.7. The van der Waals surface area contributed by atoms with E-state index in [1.165, 1.54) is 14.2 Å². The molecule has 1 amide bonds. The number of hydrogen-bond acceptors (Lipinski definition) is 6. The lowest BCUT2D eigenvalue weighted by Crippen LogP contribution is -2.39. The molecule has 0 heterocycles. The van der Waals surface area contributed by atoms with E-state index in [-0.39, 0.29) is 5.70 Å². The van der Waals surface area contributed by atoms with Gasteiger partial charge in [0.25, 0.3) is 5.91 Å². The molecule has 1 N–H and O–H groups in total. The van der Waals surface area contributed by atoms with Gasteiger partial charge in [-0.3, -0.25) is 4.79 Å². The van der Waals surface area contributed by atoms with Gasteiger partial charge in [-0.05, 0) is 48.2 Å². The molecule has 0 aliphatic heterocycles. The van der Waals surface area contributed by atoms with Crippen LogP contribution in [0, 0.1) is 6.92 Å². The number of benzene rings is 2. The first-order valence-electron chi connectivity index (χ1n) is 10.7. The van der Waals surface area contributed by atoms with Gasteiger partial charge in [-0.15, -0.1) is 0 Å². The van der Waals surface area contributed by atoms with E-state index in [1.807, 2.05) is 45.0 Å². The van der Waals surface area contributed by atoms with Crippen molar-refractivity contribution in [2.75, 3.05) is 14.2 Å². The summed E-state index contributed by atoms with van der Waals surface area (Å²) in [5.41, 5.74) is 1.34. The molecular formula is C25H31NO6. The van der Waals surface area contributed by atoms with Crippen molar-refractivity contribution in [1.29, 1.82) is 0 Å². The number of carbonyl (C=O) groups is 3. The summed E-state index contributed by atoms with van der Waals surface area (Å²) in [6.07, 6.45) is 2.85. The monoisotopic (exact) mass is 441 g/mol. The topological polar surface area (TPSA) is 90.9 Å². The maximum Gasteiger partial charge on any atom is 0.354 e. The molecule has 0 spiro atoms. The second kappa shape index (κ2) is 11.9. The Balaban J connectivity index is 2.33. The van der Waals surface area contributed by atoms with E-state index < -0.39 is 23.9 Å². The summed E-state index contributed by atoms with van der Waals surface area (Å²) >= 11 is 0. The molecule has 172 valence electrons. The number of fused-ring (bicyclic) bond motifs is 1. The van der Waals surface area contributed by atoms with Crippen LogP contribution >= 0.6 is 0 Å². The molecule has 0 aromatic heterocycles. The van der Waals surface area contributed by atoms with Crippen molar-refractivity contribution in [1.82, 2.24) is 5.32 Å². The van der Waals surface area contributed by atoms with Gasteiger partial charge in [-0.25, -0.2) is 9.59 Å². The average molecular weight is 442 g/mol. The number of hydrogen-bond donors (Lipinski definition) is 1. The molecule has 2 aromatic carbocycles. The average Bonchev–Trinajstić information content (AvgIpc) is 2.80. The Morgan fingerprint density at radius 1 is 1.06 bits per heavy atom. The van der Waals surface area contributed by atoms with Crippen LogP contribution in [0.15, 0.2) is 42.1 Å². The van der Waals surface area contributed by atoms with Crippen LogP contribution in [0.4, 0.5) is 0 Å². The van der Waals surface area contributed by atoms with E-state index in [0.29, 0.717) is 36.0 Å². The quantitative estimate of drug-likeness (QED) is 0.433. The van der Waals surface area contributed by atoms with Crippen LogP contribution in [-0.2, 0) is 19.1 Å². The molecule has 1 atom stereocenters. The molecule has 0 radical (unpaired) electrons. The highest BCUT2D eigenvalue weighted by atomic mass is 16.5. The van der Waals surface area contributed by atoms with E-state index in [2.05, 4.69) is 5.32 Å². The first-order chi connectivity index (χ1) is 15.4. The van der Waals surface area contributed by atoms with Gasteiger partial charge in [0.15, 0.2) is 6.10 Å². The minimum absolute atomic E-state index is 0.0407. The zero-order valence-corrected chi connectivity index (χ0v) is 19.3. The Morgan fingerprint density at radius 3 is 2.44 bits per heavy atom. The standard InChI is InChI=1S/C25H31NO6/c1-6-8-13-21(25(29)31-5)26-23(27)22(10-7-2)32-24(28)20-15-17(30-4)14-19-16(3)11-9-12-18(19)20/h9,11-15,22H,6-8,10H2,1-5H3,(H,26,27)/b21-13+. The van der Waals surface area contributed by atoms with Crippen molar-refractivity contribution in [3.05, 3.63) is 53.2 Å². The molecule has 0 saturated carbocycles. The number of carbonyl (C=O) groups excluding carboxylic acids is 3. The number of rotatable bonds is 10. The number of aryl methyl sites for hydroxylation is 1. The minimum Gasteiger partial charge on any atom is -0.497 e. The molecule has 2 rings (SSSR count). The minimum atomic E-state index is -1.06. The third kappa shape index (κ3) is 6.09. The first kappa shape index (κ1) is 24.9. The van der Waals surface area contributed by atoms with Crippen molar-refractivity contribution in [3.63, 3.8) is 0 Å². The van der Waals surface area contributed by atoms with Crippen molar-refractivity contribution >= 4 is 28.6 Å². The van der Waals surface area contributed by atoms with Crippen LogP contribution in [-0.4, -0.2) is 38.2 Å². The van der Waals surface area contributed by atoms with E-state index in [4.69, 9.17) is 14.2 Å². The van der Waals surface area contributed by atoms with Crippen molar-refractivity contribution in [2.45, 2.75) is 52.6 Å². The Bertz CT molecular complexity index is 1010. The second-order valence-corrected chi connectivity index (χ2v) is 7.41. The summed E-state index contributed by atoms with van der Waals surface area (Å²) < 4.78 is 15.7. The van der Waals surface area contributed by atoms with E-state index in [9.17, 15) is 14.4 Å². The SMILES string of the molecule is CCC/C=C(/NC(=O)C(CCC)OC(=O)c1cc(OC)cc2c(C)cccc12)C(=O)OC. The Labute approximate surface area is 188 Å². The van der Waals surface area contributed by atoms with Crippen molar-refractivity contribution in [2.24, 2.45) is 0 Å². The van der Waals surface area contributed by atoms with Crippen LogP contribution in [0.3, 0.4) is 0 Å². The molecule has 0 saturated heterocycles. The summed E-state index contributed by atoms with van der Waals surface area (Å²) in [5.74, 6) is -1.34. The number of ether oxygens (including phenoxy) is 3. The fraction of sp³-hybridized carbons (Fsp3) is 0.400. The number of nitrogens with one attached hydrogen (secondary N) is 1. The third-order valence-corrected chi connectivity index (χ3v) is 5.04. The molecule has 0 fully saturated rings. The van der Waals surface area contributed by atoms with Crippen LogP contribution in [0.25, 0.3) is 10.8 Å². The second-order valence-electron chi connectivity index (χ2n) is 7.41. The molecule has 1 unspecified atom stereocenters. The summed E-state index contributed by atoms with van der Waals surface area (Å²) in [6, 6.07) is 9.10.